The van der Waals surface area contributed by atoms with Crippen molar-refractivity contribution in [1.29, 1.82) is 0 Å². The van der Waals surface area contributed by atoms with E-state index in [-0.39, 0.29) is 5.91 Å². The summed E-state index contributed by atoms with van der Waals surface area (Å²) in [7, 11) is 4.24. The first kappa shape index (κ1) is 27.4. The van der Waals surface area contributed by atoms with Crippen LogP contribution in [0.3, 0.4) is 0 Å². The molecule has 32 heavy (non-hydrogen) atoms. The molecule has 3 atom stereocenters. The highest BCUT2D eigenvalue weighted by Gasteiger charge is 2.56. The Morgan fingerprint density at radius 1 is 1.12 bits per heavy atom. The monoisotopic (exact) mass is 451 g/mol. The third kappa shape index (κ3) is 9.23. The quantitative estimate of drug-likeness (QED) is 0.534. The van der Waals surface area contributed by atoms with Gasteiger partial charge in [0.05, 0.1) is 6.61 Å². The summed E-state index contributed by atoms with van der Waals surface area (Å²) in [6, 6.07) is 5.76. The van der Waals surface area contributed by atoms with Crippen molar-refractivity contribution in [3.63, 3.8) is 0 Å². The minimum absolute atomic E-state index is 0.134. The second kappa shape index (κ2) is 13.0. The van der Waals surface area contributed by atoms with Crippen LogP contribution in [0.1, 0.15) is 36.2 Å². The molecule has 180 valence electrons. The van der Waals surface area contributed by atoms with Gasteiger partial charge in [-0.15, -0.1) is 0 Å². The Kier molecular flexibility index (Phi) is 11.1. The van der Waals surface area contributed by atoms with Gasteiger partial charge in [-0.25, -0.2) is 0 Å². The molecule has 9 heteroatoms. The van der Waals surface area contributed by atoms with Gasteiger partial charge >= 0.3 is 0 Å². The molecule has 1 unspecified atom stereocenters. The predicted molar refractivity (Wildman–Crippen MR) is 122 cm³/mol. The normalized spacial score (nSPS) is 20.3. The van der Waals surface area contributed by atoms with Gasteiger partial charge in [-0.3, -0.25) is 14.4 Å². The third-order valence-corrected chi connectivity index (χ3v) is 5.28. The molecule has 9 nitrogen and oxygen atoms in total. The number of fused-ring (bicyclic) bond motifs is 1. The zero-order valence-corrected chi connectivity index (χ0v) is 19.7. The predicted octanol–water partition coefficient (Wildman–Crippen LogP) is 1.78. The van der Waals surface area contributed by atoms with Crippen LogP contribution in [0, 0.1) is 24.7 Å². The number of carboxylic acid groups (broad SMARTS) is 2. The van der Waals surface area contributed by atoms with Gasteiger partial charge in [0.25, 0.3) is 17.8 Å². The number of hydrogen-bond donors (Lipinski definition) is 3. The number of nitrogens with two attached hydrogens (primary N) is 1. The van der Waals surface area contributed by atoms with Crippen LogP contribution in [-0.2, 0) is 9.59 Å². The van der Waals surface area contributed by atoms with E-state index in [9.17, 15) is 4.79 Å². The molecule has 0 aromatic heterocycles. The molecule has 0 spiro atoms. The van der Waals surface area contributed by atoms with Gasteiger partial charge in [0.15, 0.2) is 0 Å². The Morgan fingerprint density at radius 2 is 1.66 bits per heavy atom. The van der Waals surface area contributed by atoms with E-state index < -0.39 is 11.9 Å². The molecular weight excluding hydrogens is 414 g/mol. The molecule has 2 fully saturated rings. The standard InChI is InChI=1S/C19H29N3O2.2C2H4O2/c1-13-5-6-14(9-18(13)24-8-4-7-20)19(23)22-11-16-15(10-21(2)3)17(16)12-22;2*1-2(3)4/h5-6,9,15-17H,4,7-8,10-12,20H2,1-3H3;2*1H3,(H,3,4)/t15?,16-,17+;;. The molecule has 1 aliphatic carbocycles. The first-order valence-corrected chi connectivity index (χ1v) is 10.7. The van der Waals surface area contributed by atoms with Gasteiger partial charge in [-0.1, -0.05) is 6.07 Å². The molecule has 1 amide bonds. The molecule has 1 aromatic rings. The Bertz CT molecular complexity index is 751. The van der Waals surface area contributed by atoms with E-state index in [0.717, 1.165) is 62.7 Å². The van der Waals surface area contributed by atoms with Crippen LogP contribution >= 0.6 is 0 Å². The molecule has 1 saturated carbocycles. The zero-order valence-electron chi connectivity index (χ0n) is 19.7. The lowest BCUT2D eigenvalue weighted by atomic mass is 10.1. The number of rotatable bonds is 7. The summed E-state index contributed by atoms with van der Waals surface area (Å²) < 4.78 is 5.77. The number of aliphatic carboxylic acids is 2. The Hall–Kier alpha value is -2.65. The van der Waals surface area contributed by atoms with E-state index >= 15 is 0 Å². The number of nitrogens with zero attached hydrogens (tertiary/aromatic N) is 2. The molecule has 1 aliphatic heterocycles. The summed E-state index contributed by atoms with van der Waals surface area (Å²) in [6.45, 7) is 8.32. The zero-order chi connectivity index (χ0) is 24.4. The summed E-state index contributed by atoms with van der Waals surface area (Å²) >= 11 is 0. The number of carbonyl (C=O) groups excluding carboxylic acids is 1. The van der Waals surface area contributed by atoms with E-state index in [4.69, 9.17) is 30.3 Å². The lowest BCUT2D eigenvalue weighted by Gasteiger charge is -2.21. The molecule has 1 aromatic carbocycles. The third-order valence-electron chi connectivity index (χ3n) is 5.28. The van der Waals surface area contributed by atoms with Crippen molar-refractivity contribution in [2.75, 3.05) is 46.9 Å². The SMILES string of the molecule is CC(=O)O.CC(=O)O.Cc1ccc(C(=O)N2C[C@@H]3C(CN(C)C)[C@@H]3C2)cc1OCCCN. The molecule has 1 saturated heterocycles. The topological polar surface area (TPSA) is 133 Å². The molecular formula is C23H37N3O6. The number of hydrogen-bond acceptors (Lipinski definition) is 6. The van der Waals surface area contributed by atoms with Crippen LogP contribution < -0.4 is 10.5 Å². The Balaban J connectivity index is 0.000000554. The highest BCUT2D eigenvalue weighted by atomic mass is 16.5. The first-order chi connectivity index (χ1) is 15.0. The van der Waals surface area contributed by atoms with Crippen molar-refractivity contribution >= 4 is 17.8 Å². The van der Waals surface area contributed by atoms with E-state index in [1.807, 2.05) is 30.0 Å². The van der Waals surface area contributed by atoms with Gasteiger partial charge in [0, 0.05) is 39.0 Å². The van der Waals surface area contributed by atoms with Gasteiger partial charge in [-0.05, 0) is 69.4 Å². The Labute approximate surface area is 190 Å². The summed E-state index contributed by atoms with van der Waals surface area (Å²) in [5.41, 5.74) is 7.29. The van der Waals surface area contributed by atoms with Crippen molar-refractivity contribution in [2.45, 2.75) is 27.2 Å². The molecule has 2 aliphatic rings. The van der Waals surface area contributed by atoms with Crippen LogP contribution in [-0.4, -0.2) is 84.7 Å². The Morgan fingerprint density at radius 3 is 2.12 bits per heavy atom. The average Bonchev–Trinajstić information content (AvgIpc) is 3.10. The van der Waals surface area contributed by atoms with Crippen LogP contribution in [0.2, 0.25) is 0 Å². The number of piperidine rings is 1. The maximum atomic E-state index is 12.8. The number of benzene rings is 1. The van der Waals surface area contributed by atoms with E-state index in [0.29, 0.717) is 25.0 Å². The van der Waals surface area contributed by atoms with E-state index in [2.05, 4.69) is 19.0 Å². The van der Waals surface area contributed by atoms with E-state index in [1.54, 1.807) is 0 Å². The van der Waals surface area contributed by atoms with Crippen molar-refractivity contribution in [3.05, 3.63) is 29.3 Å². The number of ether oxygens (including phenoxy) is 1. The van der Waals surface area contributed by atoms with Crippen molar-refractivity contribution in [1.82, 2.24) is 9.80 Å². The maximum Gasteiger partial charge on any atom is 0.300 e. The summed E-state index contributed by atoms with van der Waals surface area (Å²) in [4.78, 5) is 35.0. The fourth-order valence-corrected chi connectivity index (χ4v) is 3.84. The van der Waals surface area contributed by atoms with Crippen LogP contribution in [0.5, 0.6) is 5.75 Å². The lowest BCUT2D eigenvalue weighted by Crippen LogP contribution is -2.33. The minimum Gasteiger partial charge on any atom is -0.493 e. The number of aryl methyl sites for hydroxylation is 1. The van der Waals surface area contributed by atoms with Gasteiger partial charge < -0.3 is 30.5 Å². The highest BCUT2D eigenvalue weighted by molar-refractivity contribution is 5.95. The van der Waals surface area contributed by atoms with Crippen molar-refractivity contribution < 1.29 is 29.3 Å². The van der Waals surface area contributed by atoms with Gasteiger partial charge in [0.2, 0.25) is 0 Å². The maximum absolute atomic E-state index is 12.8. The fourth-order valence-electron chi connectivity index (χ4n) is 3.84. The highest BCUT2D eigenvalue weighted by Crippen LogP contribution is 2.52. The lowest BCUT2D eigenvalue weighted by molar-refractivity contribution is -0.135. The molecule has 0 bridgehead atoms. The average molecular weight is 452 g/mol. The minimum atomic E-state index is -0.833. The first-order valence-electron chi connectivity index (χ1n) is 10.7. The second-order valence-electron chi connectivity index (χ2n) is 8.47. The summed E-state index contributed by atoms with van der Waals surface area (Å²) in [6.07, 6.45) is 0.820. The van der Waals surface area contributed by atoms with Gasteiger partial charge in [-0.2, -0.15) is 0 Å². The molecule has 3 rings (SSSR count). The molecule has 1 heterocycles. The van der Waals surface area contributed by atoms with Crippen LogP contribution in [0.25, 0.3) is 0 Å². The number of carbonyl (C=O) groups is 3. The van der Waals surface area contributed by atoms with Crippen molar-refractivity contribution in [2.24, 2.45) is 23.5 Å². The molecule has 0 radical (unpaired) electrons. The van der Waals surface area contributed by atoms with Gasteiger partial charge in [0.1, 0.15) is 5.75 Å². The smallest absolute Gasteiger partial charge is 0.300 e. The largest absolute Gasteiger partial charge is 0.493 e. The van der Waals surface area contributed by atoms with Crippen molar-refractivity contribution in [3.8, 4) is 5.75 Å². The molecule has 4 N–H and O–H groups in total. The number of likely N-dealkylation sites (tertiary alicyclic amines) is 1. The number of amides is 1. The summed E-state index contributed by atoms with van der Waals surface area (Å²) in [5, 5.41) is 14.8. The second-order valence-corrected chi connectivity index (χ2v) is 8.47. The van der Waals surface area contributed by atoms with Crippen LogP contribution in [0.4, 0.5) is 0 Å². The summed E-state index contributed by atoms with van der Waals surface area (Å²) in [5.74, 6) is 1.43. The fraction of sp³-hybridized carbons (Fsp3) is 0.609. The number of carboxylic acids is 2. The van der Waals surface area contributed by atoms with E-state index in [1.165, 1.54) is 0 Å². The van der Waals surface area contributed by atoms with Crippen LogP contribution in [0.15, 0.2) is 18.2 Å².